The van der Waals surface area contributed by atoms with Gasteiger partial charge in [0.2, 0.25) is 0 Å². The molecule has 0 unspecified atom stereocenters. The van der Waals surface area contributed by atoms with E-state index in [2.05, 4.69) is 64.0 Å². The quantitative estimate of drug-likeness (QED) is 0.0313. The first kappa shape index (κ1) is 108. The highest BCUT2D eigenvalue weighted by Gasteiger charge is 2.17. The van der Waals surface area contributed by atoms with E-state index in [1.165, 1.54) is 154 Å². The Bertz CT molecular complexity index is 2110. The highest BCUT2D eigenvalue weighted by Crippen LogP contribution is 2.16. The van der Waals surface area contributed by atoms with Gasteiger partial charge < -0.3 is 56.8 Å². The summed E-state index contributed by atoms with van der Waals surface area (Å²) in [4.78, 5) is 82.3. The third kappa shape index (κ3) is 75.8. The van der Waals surface area contributed by atoms with Crippen LogP contribution in [0, 0.1) is 0 Å². The minimum absolute atomic E-state index is 0.0285. The minimum Gasteiger partial charge on any atom is -0.464 e. The molecule has 24 heteroatoms. The Morgan fingerprint density at radius 1 is 0.184 bits per heavy atom. The molecule has 0 aromatic carbocycles. The summed E-state index contributed by atoms with van der Waals surface area (Å²) < 4.78 is 62.9. The SMILES string of the molecule is CCCC(=O)OCCN1CCOCC1.CCCCCC(=O)OCCN1CCOCC1.CCCCCCCC(=O)OCCN1CCOCC1.CCCCCCCCCC(=O)OCCN1CCOCC1.CCCCCCCCCCCC(=O)OCCN1CCOCC1.CCCCCCCCCCCCCC(=O)OCCN1CCOCC1. The molecule has 0 aliphatic carbocycles. The second-order valence-electron chi connectivity index (χ2n) is 31.2. The van der Waals surface area contributed by atoms with Crippen molar-refractivity contribution in [2.45, 2.75) is 311 Å². The Kier molecular flexibility index (Phi) is 81.5. The molecule has 0 amide bonds. The maximum absolute atomic E-state index is 11.7. The number of unbranched alkanes of at least 4 members (excludes halogenated alkanes) is 30. The molecule has 6 aliphatic heterocycles. The lowest BCUT2D eigenvalue weighted by molar-refractivity contribution is -0.145. The van der Waals surface area contributed by atoms with Gasteiger partial charge in [-0.3, -0.25) is 58.2 Å². The summed E-state index contributed by atoms with van der Waals surface area (Å²) in [5, 5.41) is 0. The van der Waals surface area contributed by atoms with Crippen molar-refractivity contribution >= 4 is 35.8 Å². The lowest BCUT2D eigenvalue weighted by atomic mass is 10.1. The zero-order chi connectivity index (χ0) is 82.6. The summed E-state index contributed by atoms with van der Waals surface area (Å²) in [6.45, 7) is 42.2. The first-order valence-electron chi connectivity index (χ1n) is 46.7. The molecule has 6 saturated heterocycles. The summed E-state index contributed by atoms with van der Waals surface area (Å²) in [5.74, 6) is -0.274. The summed E-state index contributed by atoms with van der Waals surface area (Å²) in [6, 6.07) is 0. The van der Waals surface area contributed by atoms with Crippen molar-refractivity contribution in [3.05, 3.63) is 0 Å². The molecular formula is C90H174N6O18. The van der Waals surface area contributed by atoms with Gasteiger partial charge in [-0.15, -0.1) is 0 Å². The van der Waals surface area contributed by atoms with Gasteiger partial charge in [-0.1, -0.05) is 234 Å². The van der Waals surface area contributed by atoms with Crippen LogP contribution in [0.2, 0.25) is 0 Å². The lowest BCUT2D eigenvalue weighted by Crippen LogP contribution is -2.38. The number of hydrogen-bond acceptors (Lipinski definition) is 24. The molecule has 24 nitrogen and oxygen atoms in total. The van der Waals surface area contributed by atoms with Gasteiger partial charge in [0, 0.05) is 156 Å². The van der Waals surface area contributed by atoms with E-state index in [1.54, 1.807) is 0 Å². The van der Waals surface area contributed by atoms with Crippen LogP contribution in [0.5, 0.6) is 0 Å². The van der Waals surface area contributed by atoms with Crippen molar-refractivity contribution in [1.29, 1.82) is 0 Å². The number of nitrogens with zero attached hydrogens (tertiary/aromatic N) is 6. The predicted molar refractivity (Wildman–Crippen MR) is 457 cm³/mol. The largest absolute Gasteiger partial charge is 0.464 e. The van der Waals surface area contributed by atoms with Crippen molar-refractivity contribution < 1.29 is 85.6 Å². The van der Waals surface area contributed by atoms with E-state index in [9.17, 15) is 28.8 Å². The molecule has 0 aromatic rings. The molecule has 0 spiro atoms. The zero-order valence-electron chi connectivity index (χ0n) is 74.2. The Morgan fingerprint density at radius 2 is 0.316 bits per heavy atom. The first-order valence-corrected chi connectivity index (χ1v) is 46.7. The predicted octanol–water partition coefficient (Wildman–Crippen LogP) is 15.7. The number of carbonyl (C=O) groups is 6. The van der Waals surface area contributed by atoms with E-state index >= 15 is 0 Å². The van der Waals surface area contributed by atoms with Crippen molar-refractivity contribution in [3.63, 3.8) is 0 Å². The normalized spacial score (nSPS) is 16.5. The van der Waals surface area contributed by atoms with Gasteiger partial charge in [0.05, 0.1) is 79.3 Å². The minimum atomic E-state index is -0.0826. The van der Waals surface area contributed by atoms with Crippen LogP contribution in [0.15, 0.2) is 0 Å². The van der Waals surface area contributed by atoms with Crippen LogP contribution in [-0.2, 0) is 85.6 Å². The van der Waals surface area contributed by atoms with E-state index in [1.807, 2.05) is 6.92 Å². The summed E-state index contributed by atoms with van der Waals surface area (Å²) in [7, 11) is 0. The van der Waals surface area contributed by atoms with Crippen molar-refractivity contribution in [2.24, 2.45) is 0 Å². The molecule has 114 heavy (non-hydrogen) atoms. The average molecular weight is 1630 g/mol. The fourth-order valence-corrected chi connectivity index (χ4v) is 13.4. The standard InChI is InChI=1S/C20H39NO3.C18H35NO3.C16H31NO3.C14H27NO3.C12H23NO3.C10H19NO3/c1-2-3-4-5-6-7-8-9-10-11-12-13-20(22)24-19-16-21-14-17-23-18-15-21;1-2-3-4-5-6-7-8-9-10-11-18(20)22-17-14-19-12-15-21-16-13-19;1-2-3-4-5-6-7-8-9-16(18)20-15-12-17-10-13-19-14-11-17;1-2-3-4-5-6-7-14(16)18-13-10-15-8-11-17-12-9-15;1-2-3-4-5-12(14)16-11-8-13-6-9-15-10-7-13;1-2-3-10(12)14-9-6-11-4-7-13-8-5-11/h2-19H2,1H3;2-17H2,1H3;2-15H2,1H3;2-13H2,1H3;2-11H2,1H3;2-9H2,1H3. The molecule has 6 rings (SSSR count). The van der Waals surface area contributed by atoms with E-state index < -0.39 is 0 Å². The monoisotopic (exact) mass is 1630 g/mol. The topological polar surface area (TPSA) is 233 Å². The molecule has 0 atom stereocenters. The molecular weight excluding hydrogens is 1450 g/mol. The van der Waals surface area contributed by atoms with E-state index in [0.717, 1.165) is 274 Å². The first-order chi connectivity index (χ1) is 56.0. The smallest absolute Gasteiger partial charge is 0.305 e. The number of ether oxygens (including phenoxy) is 12. The van der Waals surface area contributed by atoms with Crippen LogP contribution < -0.4 is 0 Å². The Hall–Kier alpha value is -3.66. The highest BCUT2D eigenvalue weighted by molar-refractivity contribution is 5.71. The Labute approximate surface area is 695 Å². The van der Waals surface area contributed by atoms with Gasteiger partial charge in [-0.2, -0.15) is 0 Å². The number of morpholine rings is 6. The van der Waals surface area contributed by atoms with E-state index in [0.29, 0.717) is 78.2 Å². The summed E-state index contributed by atoms with van der Waals surface area (Å²) >= 11 is 0. The number of esters is 6. The lowest BCUT2D eigenvalue weighted by Gasteiger charge is -2.26. The van der Waals surface area contributed by atoms with Gasteiger partial charge >= 0.3 is 35.8 Å². The molecule has 6 fully saturated rings. The summed E-state index contributed by atoms with van der Waals surface area (Å²) in [6.07, 6.45) is 47.9. The fraction of sp³-hybridized carbons (Fsp3) is 0.933. The van der Waals surface area contributed by atoms with Gasteiger partial charge in [-0.05, 0) is 38.5 Å². The van der Waals surface area contributed by atoms with E-state index in [-0.39, 0.29) is 35.8 Å². The van der Waals surface area contributed by atoms with Crippen LogP contribution in [0.4, 0.5) is 0 Å². The molecule has 6 aliphatic rings. The fourth-order valence-electron chi connectivity index (χ4n) is 13.4. The summed E-state index contributed by atoms with van der Waals surface area (Å²) in [5.41, 5.74) is 0. The van der Waals surface area contributed by atoms with Crippen molar-refractivity contribution in [3.8, 4) is 0 Å². The maximum atomic E-state index is 11.7. The van der Waals surface area contributed by atoms with Crippen LogP contribution in [0.1, 0.15) is 311 Å². The molecule has 0 bridgehead atoms. The Morgan fingerprint density at radius 3 is 0.474 bits per heavy atom. The molecule has 6 heterocycles. The van der Waals surface area contributed by atoms with Gasteiger partial charge in [0.1, 0.15) is 39.6 Å². The van der Waals surface area contributed by atoms with Crippen LogP contribution in [0.3, 0.4) is 0 Å². The molecule has 0 N–H and O–H groups in total. The molecule has 0 radical (unpaired) electrons. The number of carbonyl (C=O) groups excluding carboxylic acids is 6. The third-order valence-electron chi connectivity index (χ3n) is 21.0. The Balaban J connectivity index is 0.000000689. The van der Waals surface area contributed by atoms with Crippen LogP contribution >= 0.6 is 0 Å². The third-order valence-corrected chi connectivity index (χ3v) is 21.0. The van der Waals surface area contributed by atoms with E-state index in [4.69, 9.17) is 56.8 Å². The molecule has 0 aromatic heterocycles. The second-order valence-corrected chi connectivity index (χ2v) is 31.2. The number of rotatable bonds is 60. The highest BCUT2D eigenvalue weighted by atomic mass is 16.6. The van der Waals surface area contributed by atoms with Crippen molar-refractivity contribution in [1.82, 2.24) is 29.4 Å². The average Bonchev–Trinajstić information content (AvgIpc) is 0.995. The van der Waals surface area contributed by atoms with Gasteiger partial charge in [0.15, 0.2) is 0 Å². The number of hydrogen-bond donors (Lipinski definition) is 0. The van der Waals surface area contributed by atoms with Crippen molar-refractivity contribution in [2.75, 3.05) is 237 Å². The second kappa shape index (κ2) is 85.7. The molecule has 0 saturated carbocycles. The van der Waals surface area contributed by atoms with Crippen LogP contribution in [-0.4, -0.2) is 302 Å². The maximum Gasteiger partial charge on any atom is 0.305 e. The van der Waals surface area contributed by atoms with Gasteiger partial charge in [-0.25, -0.2) is 0 Å². The van der Waals surface area contributed by atoms with Gasteiger partial charge in [0.25, 0.3) is 0 Å². The zero-order valence-corrected chi connectivity index (χ0v) is 74.2. The van der Waals surface area contributed by atoms with Crippen LogP contribution in [0.25, 0.3) is 0 Å². The molecule has 672 valence electrons.